The van der Waals surface area contributed by atoms with Crippen molar-refractivity contribution in [2.45, 2.75) is 44.7 Å². The molecule has 0 amide bonds. The summed E-state index contributed by atoms with van der Waals surface area (Å²) in [7, 11) is 0. The molecule has 0 unspecified atom stereocenters. The smallest absolute Gasteiger partial charge is 0.134 e. The Balaban J connectivity index is 0.000000342. The van der Waals surface area contributed by atoms with E-state index in [2.05, 4.69) is 30.6 Å². The number of nitrogens with one attached hydrogen (secondary N) is 2. The second kappa shape index (κ2) is 13.2. The van der Waals surface area contributed by atoms with Gasteiger partial charge in [0.2, 0.25) is 0 Å². The van der Waals surface area contributed by atoms with Gasteiger partial charge in [-0.3, -0.25) is 0 Å². The maximum absolute atomic E-state index is 13.4. The third kappa shape index (κ3) is 8.27. The summed E-state index contributed by atoms with van der Waals surface area (Å²) in [6.45, 7) is 0.493. The highest BCUT2D eigenvalue weighted by Gasteiger charge is 2.15. The van der Waals surface area contributed by atoms with Crippen molar-refractivity contribution in [2.24, 2.45) is 0 Å². The predicted octanol–water partition coefficient (Wildman–Crippen LogP) is 7.01. The van der Waals surface area contributed by atoms with Gasteiger partial charge >= 0.3 is 0 Å². The summed E-state index contributed by atoms with van der Waals surface area (Å²) in [4.78, 5) is 16.4. The molecule has 192 valence electrons. The van der Waals surface area contributed by atoms with Crippen LogP contribution in [-0.4, -0.2) is 26.0 Å². The maximum Gasteiger partial charge on any atom is 0.134 e. The molecule has 37 heavy (non-hydrogen) atoms. The molecule has 3 aromatic heterocycles. The Morgan fingerprint density at radius 3 is 2.46 bits per heavy atom. The van der Waals surface area contributed by atoms with Crippen molar-refractivity contribution in [2.75, 3.05) is 16.4 Å². The number of halogens is 3. The van der Waals surface area contributed by atoms with Crippen LogP contribution in [0.1, 0.15) is 37.7 Å². The van der Waals surface area contributed by atoms with E-state index in [4.69, 9.17) is 28.9 Å². The first-order valence-corrected chi connectivity index (χ1v) is 12.8. The first-order chi connectivity index (χ1) is 18.0. The molecular weight excluding hydrogens is 512 g/mol. The van der Waals surface area contributed by atoms with Crippen LogP contribution in [0.4, 0.5) is 21.8 Å². The van der Waals surface area contributed by atoms with Crippen molar-refractivity contribution in [1.29, 1.82) is 0 Å². The number of pyridine rings is 2. The van der Waals surface area contributed by atoms with E-state index < -0.39 is 0 Å². The van der Waals surface area contributed by atoms with Crippen LogP contribution in [0, 0.1) is 5.82 Å². The van der Waals surface area contributed by atoms with Gasteiger partial charge in [0.15, 0.2) is 0 Å². The first kappa shape index (κ1) is 26.6. The summed E-state index contributed by atoms with van der Waals surface area (Å²) in [5, 5.41) is 7.72. The normalized spacial score (nSPS) is 13.4. The molecule has 3 heterocycles. The molecule has 0 atom stereocenters. The van der Waals surface area contributed by atoms with Crippen molar-refractivity contribution < 1.29 is 4.39 Å². The van der Waals surface area contributed by atoms with Crippen LogP contribution in [-0.2, 0) is 6.54 Å². The minimum absolute atomic E-state index is 0.243. The molecule has 4 N–H and O–H groups in total. The fraction of sp³-hybridized carbons (Fsp3) is 0.259. The number of hydrogen-bond acceptors (Lipinski definition) is 7. The number of benzene rings is 1. The van der Waals surface area contributed by atoms with E-state index in [1.807, 2.05) is 30.3 Å². The van der Waals surface area contributed by atoms with Gasteiger partial charge in [0.1, 0.15) is 34.8 Å². The van der Waals surface area contributed by atoms with E-state index in [9.17, 15) is 4.39 Å². The van der Waals surface area contributed by atoms with Crippen molar-refractivity contribution in [3.63, 3.8) is 0 Å². The van der Waals surface area contributed by atoms with Gasteiger partial charge in [-0.15, -0.1) is 0 Å². The van der Waals surface area contributed by atoms with Crippen molar-refractivity contribution in [1.82, 2.24) is 19.9 Å². The van der Waals surface area contributed by atoms with Crippen LogP contribution in [0.3, 0.4) is 0 Å². The minimum atomic E-state index is -0.243. The maximum atomic E-state index is 13.4. The molecule has 4 aromatic rings. The van der Waals surface area contributed by atoms with Gasteiger partial charge in [-0.1, -0.05) is 60.7 Å². The number of nitrogen functional groups attached to an aromatic ring is 1. The standard InChI is InChI=1S/C23H24ClFN4.C4H4ClN3/c24-20-15-27-23(28-18-8-2-1-3-9-18)13-19(20)21-10-5-11-22(29-21)26-14-16-6-4-7-17(25)12-16;5-3-1-4(6)8-2-7-3/h4-7,10-13,15,18H,1-3,8-9,14H2,(H,26,29)(H,27,28);1-2H,(H2,6,7,8). The molecule has 1 aliphatic carbocycles. The number of rotatable bonds is 6. The number of nitrogens with zero attached hydrogens (tertiary/aromatic N) is 4. The predicted molar refractivity (Wildman–Crippen MR) is 148 cm³/mol. The molecule has 1 fully saturated rings. The van der Waals surface area contributed by atoms with Gasteiger partial charge in [0.25, 0.3) is 0 Å². The van der Waals surface area contributed by atoms with Gasteiger partial charge in [0.05, 0.1) is 10.7 Å². The molecule has 0 saturated heterocycles. The number of aromatic nitrogens is 4. The zero-order chi connectivity index (χ0) is 26.0. The van der Waals surface area contributed by atoms with Gasteiger partial charge in [-0.05, 0) is 48.7 Å². The summed E-state index contributed by atoms with van der Waals surface area (Å²) >= 11 is 11.8. The Morgan fingerprint density at radius 2 is 1.73 bits per heavy atom. The molecule has 0 spiro atoms. The van der Waals surface area contributed by atoms with Crippen molar-refractivity contribution in [3.8, 4) is 11.3 Å². The molecule has 1 aliphatic rings. The van der Waals surface area contributed by atoms with E-state index >= 15 is 0 Å². The second-order valence-corrected chi connectivity index (χ2v) is 9.48. The molecule has 1 saturated carbocycles. The lowest BCUT2D eigenvalue weighted by Gasteiger charge is -2.23. The van der Waals surface area contributed by atoms with Crippen LogP contribution < -0.4 is 16.4 Å². The van der Waals surface area contributed by atoms with Crippen LogP contribution >= 0.6 is 23.2 Å². The van der Waals surface area contributed by atoms with Gasteiger partial charge in [-0.25, -0.2) is 24.3 Å². The SMILES string of the molecule is Fc1cccc(CNc2cccc(-c3cc(NC4CCCCC4)ncc3Cl)n2)c1.Nc1cc(Cl)ncn1. The van der Waals surface area contributed by atoms with Gasteiger partial charge in [0, 0.05) is 30.4 Å². The zero-order valence-electron chi connectivity index (χ0n) is 20.2. The van der Waals surface area contributed by atoms with E-state index in [0.717, 1.165) is 22.6 Å². The Bertz CT molecular complexity index is 1300. The quantitative estimate of drug-likeness (QED) is 0.226. The second-order valence-electron chi connectivity index (χ2n) is 8.69. The molecule has 0 radical (unpaired) electrons. The summed E-state index contributed by atoms with van der Waals surface area (Å²) in [5.74, 6) is 1.69. The first-order valence-electron chi connectivity index (χ1n) is 12.1. The molecular formula is C27H28Cl2FN7. The summed E-state index contributed by atoms with van der Waals surface area (Å²) < 4.78 is 13.4. The Kier molecular flexibility index (Phi) is 9.46. The summed E-state index contributed by atoms with van der Waals surface area (Å²) in [6, 6.07) is 16.2. The largest absolute Gasteiger partial charge is 0.384 e. The molecule has 7 nitrogen and oxygen atoms in total. The molecule has 0 bridgehead atoms. The van der Waals surface area contributed by atoms with Crippen LogP contribution in [0.15, 0.2) is 67.1 Å². The zero-order valence-corrected chi connectivity index (χ0v) is 21.7. The van der Waals surface area contributed by atoms with E-state index in [1.165, 1.54) is 56.6 Å². The Morgan fingerprint density at radius 1 is 0.919 bits per heavy atom. The van der Waals surface area contributed by atoms with Crippen molar-refractivity contribution in [3.05, 3.63) is 88.7 Å². The highest BCUT2D eigenvalue weighted by Crippen LogP contribution is 2.30. The fourth-order valence-electron chi connectivity index (χ4n) is 4.04. The van der Waals surface area contributed by atoms with E-state index in [1.54, 1.807) is 12.3 Å². The number of anilines is 3. The Labute approximate surface area is 225 Å². The monoisotopic (exact) mass is 539 g/mol. The lowest BCUT2D eigenvalue weighted by Crippen LogP contribution is -2.22. The highest BCUT2D eigenvalue weighted by molar-refractivity contribution is 6.33. The lowest BCUT2D eigenvalue weighted by atomic mass is 9.95. The highest BCUT2D eigenvalue weighted by atomic mass is 35.5. The molecule has 10 heteroatoms. The molecule has 0 aliphatic heterocycles. The molecule has 1 aromatic carbocycles. The van der Waals surface area contributed by atoms with E-state index in [0.29, 0.717) is 34.4 Å². The average molecular weight is 540 g/mol. The van der Waals surface area contributed by atoms with Gasteiger partial charge < -0.3 is 16.4 Å². The van der Waals surface area contributed by atoms with Crippen LogP contribution in [0.2, 0.25) is 10.2 Å². The van der Waals surface area contributed by atoms with Crippen LogP contribution in [0.25, 0.3) is 11.3 Å². The van der Waals surface area contributed by atoms with Crippen LogP contribution in [0.5, 0.6) is 0 Å². The topological polar surface area (TPSA) is 102 Å². The summed E-state index contributed by atoms with van der Waals surface area (Å²) in [5.41, 5.74) is 7.70. The molecule has 5 rings (SSSR count). The average Bonchev–Trinajstić information content (AvgIpc) is 2.90. The fourth-order valence-corrected chi connectivity index (χ4v) is 4.40. The minimum Gasteiger partial charge on any atom is -0.384 e. The van der Waals surface area contributed by atoms with E-state index in [-0.39, 0.29) is 5.82 Å². The number of nitrogens with two attached hydrogens (primary N) is 1. The Hall–Kier alpha value is -3.49. The summed E-state index contributed by atoms with van der Waals surface area (Å²) in [6.07, 6.45) is 9.19. The third-order valence-corrected chi connectivity index (χ3v) is 6.36. The lowest BCUT2D eigenvalue weighted by molar-refractivity contribution is 0.462. The van der Waals surface area contributed by atoms with Gasteiger partial charge in [-0.2, -0.15) is 0 Å². The number of hydrogen-bond donors (Lipinski definition) is 3. The third-order valence-electron chi connectivity index (χ3n) is 5.86. The van der Waals surface area contributed by atoms with Crippen molar-refractivity contribution >= 4 is 40.7 Å².